The molecule has 1 N–H and O–H groups in total. The summed E-state index contributed by atoms with van der Waals surface area (Å²) in [5.74, 6) is 0.821. The zero-order valence-electron chi connectivity index (χ0n) is 10.6. The second kappa shape index (κ2) is 5.01. The largest absolute Gasteiger partial charge is 0.369 e. The molecule has 19 heavy (non-hydrogen) atoms. The summed E-state index contributed by atoms with van der Waals surface area (Å²) in [6.07, 6.45) is 7.89. The van der Waals surface area contributed by atoms with Gasteiger partial charge in [0.05, 0.1) is 11.6 Å². The van der Waals surface area contributed by atoms with Crippen molar-refractivity contribution in [3.05, 3.63) is 42.6 Å². The zero-order chi connectivity index (χ0) is 13.1. The van der Waals surface area contributed by atoms with Gasteiger partial charge in [0.25, 0.3) is 0 Å². The maximum Gasteiger partial charge on any atom is 0.163 e. The van der Waals surface area contributed by atoms with E-state index in [0.717, 1.165) is 29.8 Å². The Hall–Kier alpha value is -2.50. The normalized spacial score (nSPS) is 10.8. The molecule has 0 unspecified atom stereocenters. The minimum atomic E-state index is 0.798. The van der Waals surface area contributed by atoms with E-state index < -0.39 is 0 Å². The molecule has 0 fully saturated rings. The summed E-state index contributed by atoms with van der Waals surface area (Å²) in [4.78, 5) is 12.6. The average Bonchev–Trinajstić information content (AvgIpc) is 2.83. The van der Waals surface area contributed by atoms with Crippen molar-refractivity contribution < 1.29 is 0 Å². The number of aromatic nitrogens is 5. The average molecular weight is 254 g/mol. The van der Waals surface area contributed by atoms with Gasteiger partial charge in [-0.2, -0.15) is 5.10 Å². The minimum absolute atomic E-state index is 0.798. The van der Waals surface area contributed by atoms with Crippen LogP contribution in [0.15, 0.2) is 37.1 Å². The Labute approximate surface area is 110 Å². The quantitative estimate of drug-likeness (QED) is 0.762. The van der Waals surface area contributed by atoms with E-state index in [4.69, 9.17) is 0 Å². The highest BCUT2D eigenvalue weighted by Gasteiger charge is 2.06. The van der Waals surface area contributed by atoms with E-state index >= 15 is 0 Å². The van der Waals surface area contributed by atoms with Crippen molar-refractivity contribution in [2.45, 2.75) is 6.42 Å². The minimum Gasteiger partial charge on any atom is -0.369 e. The maximum absolute atomic E-state index is 4.26. The van der Waals surface area contributed by atoms with Crippen LogP contribution in [0.5, 0.6) is 0 Å². The second-order valence-electron chi connectivity index (χ2n) is 4.27. The predicted molar refractivity (Wildman–Crippen MR) is 72.7 cm³/mol. The predicted octanol–water partition coefficient (Wildman–Crippen LogP) is 1.41. The van der Waals surface area contributed by atoms with Crippen LogP contribution < -0.4 is 5.32 Å². The van der Waals surface area contributed by atoms with E-state index in [0.29, 0.717) is 0 Å². The smallest absolute Gasteiger partial charge is 0.163 e. The molecule has 6 nitrogen and oxygen atoms in total. The molecule has 0 atom stereocenters. The third kappa shape index (κ3) is 2.37. The Morgan fingerprint density at radius 3 is 3.05 bits per heavy atom. The molecule has 0 saturated heterocycles. The zero-order valence-corrected chi connectivity index (χ0v) is 10.6. The lowest BCUT2D eigenvalue weighted by Crippen LogP contribution is -2.07. The number of hydrogen-bond acceptors (Lipinski definition) is 5. The van der Waals surface area contributed by atoms with Gasteiger partial charge in [-0.1, -0.05) is 6.07 Å². The summed E-state index contributed by atoms with van der Waals surface area (Å²) in [5.41, 5.74) is 2.03. The van der Waals surface area contributed by atoms with Crippen molar-refractivity contribution in [3.8, 4) is 0 Å². The highest BCUT2D eigenvalue weighted by atomic mass is 15.3. The van der Waals surface area contributed by atoms with Crippen molar-refractivity contribution >= 4 is 16.9 Å². The van der Waals surface area contributed by atoms with E-state index in [1.807, 2.05) is 19.3 Å². The molecule has 0 aromatic carbocycles. The number of fused-ring (bicyclic) bond motifs is 1. The molecule has 3 aromatic rings. The highest BCUT2D eigenvalue weighted by Crippen LogP contribution is 2.17. The van der Waals surface area contributed by atoms with Gasteiger partial charge in [-0.05, 0) is 18.1 Å². The van der Waals surface area contributed by atoms with E-state index in [-0.39, 0.29) is 0 Å². The maximum atomic E-state index is 4.26. The Morgan fingerprint density at radius 1 is 1.26 bits per heavy atom. The monoisotopic (exact) mass is 254 g/mol. The molecule has 3 aromatic heterocycles. The van der Waals surface area contributed by atoms with Crippen LogP contribution in [0.4, 0.5) is 5.82 Å². The van der Waals surface area contributed by atoms with Crippen LogP contribution in [0.2, 0.25) is 0 Å². The molecule has 6 heteroatoms. The van der Waals surface area contributed by atoms with Gasteiger partial charge in [0.1, 0.15) is 12.1 Å². The molecule has 3 rings (SSSR count). The summed E-state index contributed by atoms with van der Waals surface area (Å²) in [6.45, 7) is 0.798. The van der Waals surface area contributed by atoms with E-state index in [1.54, 1.807) is 23.4 Å². The summed E-state index contributed by atoms with van der Waals surface area (Å²) in [7, 11) is 1.87. The summed E-state index contributed by atoms with van der Waals surface area (Å²) < 4.78 is 1.74. The van der Waals surface area contributed by atoms with Gasteiger partial charge in [0.2, 0.25) is 0 Å². The molecule has 0 aliphatic carbocycles. The standard InChI is InChI=1S/C13H14N6/c1-19-13-11(8-18-19)12(16-9-17-13)15-6-4-10-3-2-5-14-7-10/h2-3,5,7-9H,4,6H2,1H3,(H,15,16,17). The molecule has 0 aliphatic heterocycles. The second-order valence-corrected chi connectivity index (χ2v) is 4.27. The Morgan fingerprint density at radius 2 is 2.21 bits per heavy atom. The van der Waals surface area contributed by atoms with Crippen molar-refractivity contribution in [1.82, 2.24) is 24.7 Å². The number of hydrogen-bond donors (Lipinski definition) is 1. The molecular formula is C13H14N6. The molecule has 0 bridgehead atoms. The number of nitrogens with one attached hydrogen (secondary N) is 1. The SMILES string of the molecule is Cn1ncc2c(NCCc3cccnc3)ncnc21. The fourth-order valence-electron chi connectivity index (χ4n) is 1.97. The topological polar surface area (TPSA) is 68.5 Å². The van der Waals surface area contributed by atoms with Gasteiger partial charge < -0.3 is 5.32 Å². The number of pyridine rings is 1. The van der Waals surface area contributed by atoms with Gasteiger partial charge in [-0.25, -0.2) is 9.97 Å². The van der Waals surface area contributed by atoms with Crippen molar-refractivity contribution in [2.75, 3.05) is 11.9 Å². The molecule has 96 valence electrons. The summed E-state index contributed by atoms with van der Waals surface area (Å²) >= 11 is 0. The van der Waals surface area contributed by atoms with Gasteiger partial charge in [0, 0.05) is 26.0 Å². The number of nitrogens with zero attached hydrogens (tertiary/aromatic N) is 5. The van der Waals surface area contributed by atoms with Crippen LogP contribution in [0, 0.1) is 0 Å². The van der Waals surface area contributed by atoms with Crippen molar-refractivity contribution in [1.29, 1.82) is 0 Å². The summed E-state index contributed by atoms with van der Waals surface area (Å²) in [5, 5.41) is 8.44. The number of anilines is 1. The lowest BCUT2D eigenvalue weighted by Gasteiger charge is -2.06. The molecular weight excluding hydrogens is 240 g/mol. The van der Waals surface area contributed by atoms with Gasteiger partial charge in [0.15, 0.2) is 5.65 Å². The van der Waals surface area contributed by atoms with Crippen LogP contribution >= 0.6 is 0 Å². The number of aryl methyl sites for hydroxylation is 1. The molecule has 0 saturated carbocycles. The fraction of sp³-hybridized carbons (Fsp3) is 0.231. The fourth-order valence-corrected chi connectivity index (χ4v) is 1.97. The molecule has 0 spiro atoms. The molecule has 0 aliphatic rings. The molecule has 0 amide bonds. The first-order valence-corrected chi connectivity index (χ1v) is 6.10. The van der Waals surface area contributed by atoms with Gasteiger partial charge >= 0.3 is 0 Å². The van der Waals surface area contributed by atoms with Crippen LogP contribution in [-0.2, 0) is 13.5 Å². The Kier molecular flexibility index (Phi) is 3.06. The third-order valence-corrected chi connectivity index (χ3v) is 2.96. The molecule has 3 heterocycles. The van der Waals surface area contributed by atoms with Crippen LogP contribution in [0.3, 0.4) is 0 Å². The van der Waals surface area contributed by atoms with Crippen LogP contribution in [0.1, 0.15) is 5.56 Å². The van der Waals surface area contributed by atoms with Gasteiger partial charge in [-0.15, -0.1) is 0 Å². The Balaban J connectivity index is 1.72. The lowest BCUT2D eigenvalue weighted by molar-refractivity contribution is 0.785. The number of rotatable bonds is 4. The van der Waals surface area contributed by atoms with E-state index in [9.17, 15) is 0 Å². The van der Waals surface area contributed by atoms with E-state index in [2.05, 4.69) is 31.4 Å². The summed E-state index contributed by atoms with van der Waals surface area (Å²) in [6, 6.07) is 4.01. The van der Waals surface area contributed by atoms with Crippen molar-refractivity contribution in [3.63, 3.8) is 0 Å². The van der Waals surface area contributed by atoms with Crippen LogP contribution in [0.25, 0.3) is 11.0 Å². The first-order chi connectivity index (χ1) is 9.34. The highest BCUT2D eigenvalue weighted by molar-refractivity contribution is 5.85. The van der Waals surface area contributed by atoms with Gasteiger partial charge in [-0.3, -0.25) is 9.67 Å². The first-order valence-electron chi connectivity index (χ1n) is 6.10. The lowest BCUT2D eigenvalue weighted by atomic mass is 10.2. The Bertz CT molecular complexity index is 676. The molecule has 0 radical (unpaired) electrons. The van der Waals surface area contributed by atoms with E-state index in [1.165, 1.54) is 5.56 Å². The third-order valence-electron chi connectivity index (χ3n) is 2.96. The van der Waals surface area contributed by atoms with Crippen molar-refractivity contribution in [2.24, 2.45) is 7.05 Å². The van der Waals surface area contributed by atoms with Crippen LogP contribution in [-0.4, -0.2) is 31.3 Å². The first kappa shape index (κ1) is 11.6.